The van der Waals surface area contributed by atoms with Crippen molar-refractivity contribution in [1.29, 1.82) is 0 Å². The summed E-state index contributed by atoms with van der Waals surface area (Å²) in [5.74, 6) is 1.70. The molecule has 5 heterocycles. The largest absolute Gasteiger partial charge is 0.494 e. The number of hydrogen-bond donors (Lipinski definition) is 3. The summed E-state index contributed by atoms with van der Waals surface area (Å²) in [7, 11) is 0.428. The van der Waals surface area contributed by atoms with Crippen LogP contribution in [0.4, 0.5) is 40.2 Å². The number of ether oxygens (including phenoxy) is 1. The molecule has 1 aliphatic carbocycles. The van der Waals surface area contributed by atoms with Crippen molar-refractivity contribution in [3.63, 3.8) is 0 Å². The number of halogens is 1. The number of carbonyl (C=O) groups excluding carboxylic acids is 2. The lowest BCUT2D eigenvalue weighted by Gasteiger charge is -2.47. The molecule has 4 aromatic rings. The normalized spacial score (nSPS) is 22.2. The number of anilines is 7. The number of nitrogens with zero attached hydrogens (tertiary/aromatic N) is 7. The molecule has 17 heteroatoms. The van der Waals surface area contributed by atoms with E-state index < -0.39 is 10.0 Å². The third kappa shape index (κ3) is 9.40. The molecule has 3 saturated heterocycles. The van der Waals surface area contributed by atoms with Crippen LogP contribution >= 0.6 is 15.9 Å². The number of para-hydroxylation sites is 1. The van der Waals surface area contributed by atoms with Crippen LogP contribution in [-0.2, 0) is 26.0 Å². The molecule has 340 valence electrons. The fourth-order valence-corrected chi connectivity index (χ4v) is 11.6. The van der Waals surface area contributed by atoms with Gasteiger partial charge in [-0.2, -0.15) is 4.98 Å². The molecule has 1 saturated carbocycles. The van der Waals surface area contributed by atoms with E-state index in [4.69, 9.17) is 9.72 Å². The quantitative estimate of drug-likeness (QED) is 0.127. The van der Waals surface area contributed by atoms with Crippen molar-refractivity contribution in [1.82, 2.24) is 25.1 Å². The average molecular weight is 956 g/mol. The molecule has 4 aliphatic heterocycles. The second-order valence-corrected chi connectivity index (χ2v) is 20.9. The Morgan fingerprint density at radius 1 is 0.922 bits per heavy atom. The van der Waals surface area contributed by atoms with Gasteiger partial charge in [-0.25, -0.2) is 13.4 Å². The number of benzene rings is 3. The van der Waals surface area contributed by atoms with Gasteiger partial charge in [0.25, 0.3) is 0 Å². The van der Waals surface area contributed by atoms with Crippen molar-refractivity contribution in [2.75, 3.05) is 97.5 Å². The number of rotatable bonds is 13. The molecule has 4 fully saturated rings. The van der Waals surface area contributed by atoms with Gasteiger partial charge >= 0.3 is 0 Å². The van der Waals surface area contributed by atoms with E-state index in [2.05, 4.69) is 94.7 Å². The Morgan fingerprint density at radius 2 is 1.67 bits per heavy atom. The van der Waals surface area contributed by atoms with Gasteiger partial charge in [0.15, 0.2) is 0 Å². The summed E-state index contributed by atoms with van der Waals surface area (Å²) in [6.07, 6.45) is 9.19. The number of methoxy groups -OCH3 is 1. The maximum atomic E-state index is 12.6. The lowest BCUT2D eigenvalue weighted by atomic mass is 9.78. The van der Waals surface area contributed by atoms with E-state index in [0.717, 1.165) is 80.4 Å². The van der Waals surface area contributed by atoms with E-state index in [1.165, 1.54) is 41.3 Å². The summed E-state index contributed by atoms with van der Waals surface area (Å²) >= 11 is 3.57. The third-order valence-electron chi connectivity index (χ3n) is 14.1. The highest BCUT2D eigenvalue weighted by molar-refractivity contribution is 9.10. The number of carbonyl (C=O) groups is 2. The summed E-state index contributed by atoms with van der Waals surface area (Å²) in [5, 5.41) is 9.19. The van der Waals surface area contributed by atoms with Crippen molar-refractivity contribution in [3.05, 3.63) is 82.0 Å². The Balaban J connectivity index is 0.740. The molecule has 64 heavy (non-hydrogen) atoms. The number of imide groups is 1. The molecule has 0 bridgehead atoms. The Morgan fingerprint density at radius 3 is 2.38 bits per heavy atom. The highest BCUT2D eigenvalue weighted by Gasteiger charge is 2.36. The predicted octanol–water partition coefficient (Wildman–Crippen LogP) is 6.39. The smallest absolute Gasteiger partial charge is 0.234 e. The minimum absolute atomic E-state index is 0.177. The monoisotopic (exact) mass is 954 g/mol. The zero-order valence-corrected chi connectivity index (χ0v) is 39.5. The fourth-order valence-electron chi connectivity index (χ4n) is 10.4. The molecule has 0 radical (unpaired) electrons. The first kappa shape index (κ1) is 44.2. The minimum atomic E-state index is -3.44. The maximum absolute atomic E-state index is 12.6. The molecule has 1 atom stereocenters. The van der Waals surface area contributed by atoms with Crippen molar-refractivity contribution in [2.45, 2.75) is 69.9 Å². The molecular formula is C47H59BrN10O5S. The van der Waals surface area contributed by atoms with Gasteiger partial charge < -0.3 is 30.1 Å². The Kier molecular flexibility index (Phi) is 12.8. The van der Waals surface area contributed by atoms with E-state index >= 15 is 0 Å². The summed E-state index contributed by atoms with van der Waals surface area (Å²) in [6.45, 7) is 10.2. The van der Waals surface area contributed by atoms with Gasteiger partial charge in [0.1, 0.15) is 11.6 Å². The number of sulfonamides is 1. The fraction of sp³-hybridized carbons (Fsp3) is 0.489. The van der Waals surface area contributed by atoms with Crippen LogP contribution in [0.3, 0.4) is 0 Å². The molecule has 9 rings (SSSR count). The van der Waals surface area contributed by atoms with Gasteiger partial charge in [-0.1, -0.05) is 24.3 Å². The van der Waals surface area contributed by atoms with E-state index in [-0.39, 0.29) is 17.7 Å². The first-order chi connectivity index (χ1) is 30.8. The molecule has 1 aromatic heterocycles. The Hall–Kier alpha value is -4.97. The number of hydrogen-bond acceptors (Lipinski definition) is 13. The van der Waals surface area contributed by atoms with Gasteiger partial charge in [0.2, 0.25) is 27.8 Å². The standard InChI is InChI=1S/C47H59BrN10O5S/c1-30-24-40(51-47-49-28-38(48)45(53-47)50-39-7-5-6-33-14-19-58(44(33)39)64(4,61)62)42(63-3)27-41(30)57-17-15-35(16-18-57)56-22-20-55(21-23-56)29-31-25-36(26-31)54(2)34-10-8-32(9-11-34)37-12-13-43(59)52-46(37)60/h5-11,24,27-28,31,35-37H,12-23,25-26,29H2,1-4H3,(H,52,59,60)(H2,49,50,51,53). The van der Waals surface area contributed by atoms with E-state index in [1.54, 1.807) is 13.3 Å². The van der Waals surface area contributed by atoms with E-state index in [1.807, 2.05) is 30.3 Å². The lowest BCUT2D eigenvalue weighted by molar-refractivity contribution is -0.134. The number of amides is 2. The van der Waals surface area contributed by atoms with Crippen LogP contribution in [0.15, 0.2) is 65.3 Å². The van der Waals surface area contributed by atoms with Gasteiger partial charge in [-0.15, -0.1) is 0 Å². The Bertz CT molecular complexity index is 2490. The van der Waals surface area contributed by atoms with Crippen LogP contribution in [0, 0.1) is 12.8 Å². The number of aromatic nitrogens is 2. The SMILES string of the molecule is COc1cc(N2CCC(N3CCN(CC4CC(N(C)c5ccc(C6CCC(=O)NC6=O)cc5)C4)CC3)CC2)c(C)cc1Nc1ncc(Br)c(Nc2cccc3c2N(S(C)(=O)=O)CC3)n1. The van der Waals surface area contributed by atoms with Crippen molar-refractivity contribution in [2.24, 2.45) is 5.92 Å². The number of fused-ring (bicyclic) bond motifs is 1. The highest BCUT2D eigenvalue weighted by Crippen LogP contribution is 2.41. The molecule has 1 unspecified atom stereocenters. The van der Waals surface area contributed by atoms with E-state index in [0.29, 0.717) is 71.3 Å². The zero-order valence-electron chi connectivity index (χ0n) is 37.1. The van der Waals surface area contributed by atoms with Crippen LogP contribution in [0.1, 0.15) is 61.1 Å². The average Bonchev–Trinajstić information content (AvgIpc) is 3.73. The number of nitrogens with one attached hydrogen (secondary N) is 3. The Labute approximate surface area is 385 Å². The summed E-state index contributed by atoms with van der Waals surface area (Å²) in [4.78, 5) is 43.5. The van der Waals surface area contributed by atoms with Gasteiger partial charge in [-0.3, -0.25) is 24.1 Å². The molecule has 0 spiro atoms. The second-order valence-electron chi connectivity index (χ2n) is 18.1. The summed E-state index contributed by atoms with van der Waals surface area (Å²) < 4.78 is 33.2. The molecule has 3 aromatic carbocycles. The molecule has 2 amide bonds. The number of aryl methyl sites for hydroxylation is 1. The van der Waals surface area contributed by atoms with Crippen molar-refractivity contribution < 1.29 is 22.7 Å². The minimum Gasteiger partial charge on any atom is -0.494 e. The predicted molar refractivity (Wildman–Crippen MR) is 256 cm³/mol. The molecular weight excluding hydrogens is 897 g/mol. The van der Waals surface area contributed by atoms with Crippen molar-refractivity contribution >= 4 is 78.0 Å². The maximum Gasteiger partial charge on any atom is 0.234 e. The van der Waals surface area contributed by atoms with Crippen LogP contribution in [0.5, 0.6) is 5.75 Å². The summed E-state index contributed by atoms with van der Waals surface area (Å²) in [5.41, 5.74) is 7.51. The first-order valence-corrected chi connectivity index (χ1v) is 25.2. The molecule has 3 N–H and O–H groups in total. The first-order valence-electron chi connectivity index (χ1n) is 22.5. The van der Waals surface area contributed by atoms with Crippen LogP contribution in [0.2, 0.25) is 0 Å². The van der Waals surface area contributed by atoms with Crippen LogP contribution < -0.4 is 34.8 Å². The number of piperidine rings is 2. The van der Waals surface area contributed by atoms with Gasteiger partial charge in [-0.05, 0) is 108 Å². The highest BCUT2D eigenvalue weighted by atomic mass is 79.9. The lowest BCUT2D eigenvalue weighted by Crippen LogP contribution is -2.55. The van der Waals surface area contributed by atoms with Crippen molar-refractivity contribution in [3.8, 4) is 5.75 Å². The molecule has 5 aliphatic rings. The van der Waals surface area contributed by atoms with E-state index in [9.17, 15) is 18.0 Å². The topological polar surface area (TPSA) is 156 Å². The van der Waals surface area contributed by atoms with Gasteiger partial charge in [0.05, 0.1) is 40.8 Å². The van der Waals surface area contributed by atoms with Crippen LogP contribution in [0.25, 0.3) is 0 Å². The molecule has 15 nitrogen and oxygen atoms in total. The third-order valence-corrected chi connectivity index (χ3v) is 15.8. The van der Waals surface area contributed by atoms with Gasteiger partial charge in [0, 0.05) is 102 Å². The zero-order chi connectivity index (χ0) is 44.7. The van der Waals surface area contributed by atoms with Crippen LogP contribution in [-0.4, -0.2) is 125 Å². The number of piperazine rings is 1. The summed E-state index contributed by atoms with van der Waals surface area (Å²) in [6, 6.07) is 19.4. The second kappa shape index (κ2) is 18.5.